The van der Waals surface area contributed by atoms with Crippen molar-refractivity contribution in [2.45, 2.75) is 0 Å². The fourth-order valence-corrected chi connectivity index (χ4v) is 2.94. The number of nitrogens with one attached hydrogen (secondary N) is 1. The molecular weight excluding hydrogens is 286 g/mol. The quantitative estimate of drug-likeness (QED) is 0.612. The van der Waals surface area contributed by atoms with E-state index in [1.165, 1.54) is 11.3 Å². The van der Waals surface area contributed by atoms with Gasteiger partial charge in [0, 0.05) is 0 Å². The van der Waals surface area contributed by atoms with Crippen LogP contribution in [0.3, 0.4) is 0 Å². The minimum Gasteiger partial charge on any atom is -0.388 e. The number of aromatic nitrogens is 2. The molecular formula is C15H9N3O2S. The van der Waals surface area contributed by atoms with E-state index in [2.05, 4.69) is 15.3 Å². The summed E-state index contributed by atoms with van der Waals surface area (Å²) in [6.45, 7) is 0. The molecule has 0 saturated heterocycles. The van der Waals surface area contributed by atoms with Gasteiger partial charge in [-0.25, -0.2) is 9.78 Å². The molecule has 0 bridgehead atoms. The highest BCUT2D eigenvalue weighted by Crippen LogP contribution is 2.27. The Bertz CT molecular complexity index is 973. The summed E-state index contributed by atoms with van der Waals surface area (Å²) in [5, 5.41) is 4.06. The first kappa shape index (κ1) is 12.0. The second kappa shape index (κ2) is 4.68. The maximum atomic E-state index is 11.9. The zero-order valence-corrected chi connectivity index (χ0v) is 11.6. The molecule has 0 spiro atoms. The molecule has 21 heavy (non-hydrogen) atoms. The van der Waals surface area contributed by atoms with Gasteiger partial charge in [0.1, 0.15) is 0 Å². The monoisotopic (exact) mass is 295 g/mol. The number of thiazole rings is 1. The van der Waals surface area contributed by atoms with Crippen LogP contribution in [0.25, 0.3) is 21.1 Å². The van der Waals surface area contributed by atoms with Crippen molar-refractivity contribution in [3.05, 3.63) is 59.0 Å². The van der Waals surface area contributed by atoms with Crippen molar-refractivity contribution < 1.29 is 4.42 Å². The van der Waals surface area contributed by atoms with Crippen LogP contribution in [0.1, 0.15) is 0 Å². The normalized spacial score (nSPS) is 11.0. The van der Waals surface area contributed by atoms with E-state index in [0.717, 1.165) is 10.2 Å². The Morgan fingerprint density at radius 2 is 1.71 bits per heavy atom. The zero-order chi connectivity index (χ0) is 14.2. The van der Waals surface area contributed by atoms with E-state index in [1.54, 1.807) is 18.2 Å². The molecule has 0 saturated carbocycles. The average molecular weight is 295 g/mol. The molecule has 0 amide bonds. The molecule has 0 radical (unpaired) electrons. The van der Waals surface area contributed by atoms with Crippen LogP contribution >= 0.6 is 11.3 Å². The first-order chi connectivity index (χ1) is 10.3. The fourth-order valence-electron chi connectivity index (χ4n) is 2.09. The first-order valence-electron chi connectivity index (χ1n) is 6.32. The van der Waals surface area contributed by atoms with Gasteiger partial charge >= 0.3 is 11.6 Å². The number of benzene rings is 2. The van der Waals surface area contributed by atoms with Gasteiger partial charge in [-0.3, -0.25) is 5.32 Å². The Kier molecular flexibility index (Phi) is 2.68. The van der Waals surface area contributed by atoms with Gasteiger partial charge in [-0.15, -0.1) is 0 Å². The number of nitrogens with zero attached hydrogens (tertiary/aromatic N) is 2. The van der Waals surface area contributed by atoms with Gasteiger partial charge in [0.25, 0.3) is 0 Å². The Hall–Kier alpha value is -2.73. The van der Waals surface area contributed by atoms with Gasteiger partial charge in [0.2, 0.25) is 0 Å². The molecule has 0 unspecified atom stereocenters. The highest BCUT2D eigenvalue weighted by Gasteiger charge is 2.08. The minimum atomic E-state index is -0.413. The Morgan fingerprint density at radius 1 is 0.952 bits per heavy atom. The molecule has 0 aliphatic carbocycles. The van der Waals surface area contributed by atoms with E-state index in [1.807, 2.05) is 30.3 Å². The molecule has 4 rings (SSSR count). The van der Waals surface area contributed by atoms with Crippen molar-refractivity contribution in [1.82, 2.24) is 9.97 Å². The van der Waals surface area contributed by atoms with Gasteiger partial charge in [0.05, 0.1) is 21.1 Å². The predicted octanol–water partition coefficient (Wildman–Crippen LogP) is 3.54. The van der Waals surface area contributed by atoms with Crippen molar-refractivity contribution >= 4 is 43.6 Å². The molecule has 2 aromatic carbocycles. The third kappa shape index (κ3) is 2.15. The van der Waals surface area contributed by atoms with E-state index in [9.17, 15) is 4.79 Å². The van der Waals surface area contributed by atoms with Gasteiger partial charge in [-0.05, 0) is 24.3 Å². The Morgan fingerprint density at radius 3 is 2.57 bits per heavy atom. The van der Waals surface area contributed by atoms with Crippen molar-refractivity contribution in [2.75, 3.05) is 5.32 Å². The van der Waals surface area contributed by atoms with E-state index in [4.69, 9.17) is 4.42 Å². The summed E-state index contributed by atoms with van der Waals surface area (Å²) in [7, 11) is 0. The van der Waals surface area contributed by atoms with Gasteiger partial charge < -0.3 is 4.42 Å². The average Bonchev–Trinajstić information content (AvgIpc) is 2.89. The SMILES string of the molecule is O=c1oc(Nc2nc3ccccc3s2)nc2ccccc12. The summed E-state index contributed by atoms with van der Waals surface area (Å²) in [4.78, 5) is 20.6. The van der Waals surface area contributed by atoms with Crippen molar-refractivity contribution in [1.29, 1.82) is 0 Å². The zero-order valence-electron chi connectivity index (χ0n) is 10.7. The minimum absolute atomic E-state index is 0.151. The van der Waals surface area contributed by atoms with Crippen molar-refractivity contribution in [3.63, 3.8) is 0 Å². The van der Waals surface area contributed by atoms with E-state index >= 15 is 0 Å². The van der Waals surface area contributed by atoms with Crippen LogP contribution in [-0.2, 0) is 0 Å². The van der Waals surface area contributed by atoms with Crippen LogP contribution < -0.4 is 10.9 Å². The predicted molar refractivity (Wildman–Crippen MR) is 83.2 cm³/mol. The molecule has 1 N–H and O–H groups in total. The fraction of sp³-hybridized carbons (Fsp3) is 0. The largest absolute Gasteiger partial charge is 0.388 e. The van der Waals surface area contributed by atoms with Crippen LogP contribution in [0.2, 0.25) is 0 Å². The third-order valence-corrected chi connectivity index (χ3v) is 3.99. The number of rotatable bonds is 2. The molecule has 0 aliphatic rings. The summed E-state index contributed by atoms with van der Waals surface area (Å²) >= 11 is 1.48. The first-order valence-corrected chi connectivity index (χ1v) is 7.14. The van der Waals surface area contributed by atoms with Gasteiger partial charge in [-0.1, -0.05) is 35.6 Å². The third-order valence-electron chi connectivity index (χ3n) is 3.04. The second-order valence-corrected chi connectivity index (χ2v) is 5.47. The summed E-state index contributed by atoms with van der Waals surface area (Å²) in [6.07, 6.45) is 0. The summed E-state index contributed by atoms with van der Waals surface area (Å²) in [5.74, 6) is 0. The number of hydrogen-bond donors (Lipinski definition) is 1. The van der Waals surface area contributed by atoms with Crippen molar-refractivity contribution in [2.24, 2.45) is 0 Å². The lowest BCUT2D eigenvalue weighted by molar-refractivity contribution is 0.522. The van der Waals surface area contributed by atoms with Crippen LogP contribution in [0, 0.1) is 0 Å². The maximum absolute atomic E-state index is 11.9. The molecule has 5 nitrogen and oxygen atoms in total. The van der Waals surface area contributed by atoms with E-state index in [-0.39, 0.29) is 6.01 Å². The highest BCUT2D eigenvalue weighted by atomic mass is 32.1. The summed E-state index contributed by atoms with van der Waals surface area (Å²) in [5.41, 5.74) is 1.08. The molecule has 0 fully saturated rings. The van der Waals surface area contributed by atoms with Crippen LogP contribution in [0.4, 0.5) is 11.1 Å². The maximum Gasteiger partial charge on any atom is 0.348 e. The van der Waals surface area contributed by atoms with Crippen LogP contribution in [0.15, 0.2) is 57.7 Å². The lowest BCUT2D eigenvalue weighted by Crippen LogP contribution is -2.04. The summed E-state index contributed by atoms with van der Waals surface area (Å²) < 4.78 is 6.24. The smallest absolute Gasteiger partial charge is 0.348 e. The molecule has 4 aromatic rings. The van der Waals surface area contributed by atoms with Gasteiger partial charge in [0.15, 0.2) is 5.13 Å². The van der Waals surface area contributed by atoms with Crippen molar-refractivity contribution in [3.8, 4) is 0 Å². The number of hydrogen-bond acceptors (Lipinski definition) is 6. The number of anilines is 2. The molecule has 0 atom stereocenters. The Labute approximate surface area is 122 Å². The van der Waals surface area contributed by atoms with E-state index in [0.29, 0.717) is 16.0 Å². The topological polar surface area (TPSA) is 68.0 Å². The van der Waals surface area contributed by atoms with Crippen LogP contribution in [-0.4, -0.2) is 9.97 Å². The highest BCUT2D eigenvalue weighted by molar-refractivity contribution is 7.22. The van der Waals surface area contributed by atoms with Gasteiger partial charge in [-0.2, -0.15) is 4.98 Å². The second-order valence-electron chi connectivity index (χ2n) is 4.44. The molecule has 0 aliphatic heterocycles. The lowest BCUT2D eigenvalue weighted by atomic mass is 10.2. The standard InChI is InChI=1S/C15H9N3O2S/c19-13-9-5-1-2-6-10(9)16-14(20-13)18-15-17-11-7-3-4-8-12(11)21-15/h1-8H,(H,16,17,18). The molecule has 6 heteroatoms. The Balaban J connectivity index is 1.78. The summed E-state index contributed by atoms with van der Waals surface area (Å²) in [6, 6.07) is 15.0. The molecule has 2 aromatic heterocycles. The van der Waals surface area contributed by atoms with E-state index < -0.39 is 5.63 Å². The number of para-hydroxylation sites is 2. The molecule has 102 valence electrons. The molecule has 2 heterocycles. The lowest BCUT2D eigenvalue weighted by Gasteiger charge is -2.00. The van der Waals surface area contributed by atoms with Crippen LogP contribution in [0.5, 0.6) is 0 Å². The number of fused-ring (bicyclic) bond motifs is 2.